The van der Waals surface area contributed by atoms with Crippen molar-refractivity contribution in [1.29, 1.82) is 0 Å². The lowest BCUT2D eigenvalue weighted by Crippen LogP contribution is -2.13. The molecule has 2 heterocycles. The Kier molecular flexibility index (Phi) is 7.23. The standard InChI is InChI=1S/C20H19Cl2FN4O2S/c1-3-29-17(28)10-27-9-13(8-26-27)12-6-16(20(24)25-7-12)30-11(2)18-14(21)4-5-15(23)19(18)22/h4-9,11H,3,10H2,1-2H3,(H2,24,25). The highest BCUT2D eigenvalue weighted by molar-refractivity contribution is 7.99. The number of hydrogen-bond donors (Lipinski definition) is 1. The number of aromatic nitrogens is 3. The van der Waals surface area contributed by atoms with Crippen molar-refractivity contribution in [1.82, 2.24) is 14.8 Å². The predicted octanol–water partition coefficient (Wildman–Crippen LogP) is 5.39. The van der Waals surface area contributed by atoms with E-state index in [1.54, 1.807) is 25.5 Å². The van der Waals surface area contributed by atoms with Gasteiger partial charge in [0.05, 0.1) is 22.7 Å². The molecule has 0 spiro atoms. The van der Waals surface area contributed by atoms with Crippen LogP contribution in [0.2, 0.25) is 10.0 Å². The molecule has 2 N–H and O–H groups in total. The van der Waals surface area contributed by atoms with Crippen molar-refractivity contribution in [3.05, 3.63) is 58.2 Å². The van der Waals surface area contributed by atoms with Gasteiger partial charge >= 0.3 is 5.97 Å². The minimum atomic E-state index is -0.530. The van der Waals surface area contributed by atoms with Crippen molar-refractivity contribution >= 4 is 46.8 Å². The van der Waals surface area contributed by atoms with Gasteiger partial charge in [-0.05, 0) is 32.0 Å². The third-order valence-electron chi connectivity index (χ3n) is 4.23. The monoisotopic (exact) mass is 468 g/mol. The SMILES string of the molecule is CCOC(=O)Cn1cc(-c2cnc(N)c(SC(C)c3c(Cl)ccc(F)c3Cl)c2)cn1. The minimum absolute atomic E-state index is 0.00886. The van der Waals surface area contributed by atoms with Crippen LogP contribution in [-0.2, 0) is 16.1 Å². The molecule has 0 bridgehead atoms. The average molecular weight is 469 g/mol. The Bertz CT molecular complexity index is 1080. The van der Waals surface area contributed by atoms with E-state index in [4.69, 9.17) is 33.7 Å². The summed E-state index contributed by atoms with van der Waals surface area (Å²) in [6.45, 7) is 3.94. The first-order valence-electron chi connectivity index (χ1n) is 9.04. The molecule has 0 aliphatic carbocycles. The summed E-state index contributed by atoms with van der Waals surface area (Å²) >= 11 is 13.7. The Morgan fingerprint density at radius 2 is 2.10 bits per heavy atom. The van der Waals surface area contributed by atoms with E-state index in [2.05, 4.69) is 10.1 Å². The topological polar surface area (TPSA) is 83.0 Å². The van der Waals surface area contributed by atoms with Crippen molar-refractivity contribution in [2.75, 3.05) is 12.3 Å². The molecule has 1 unspecified atom stereocenters. The van der Waals surface area contributed by atoms with E-state index in [-0.39, 0.29) is 22.8 Å². The number of nitrogen functional groups attached to an aromatic ring is 1. The fraction of sp³-hybridized carbons (Fsp3) is 0.250. The van der Waals surface area contributed by atoms with Crippen molar-refractivity contribution in [3.8, 4) is 11.1 Å². The molecule has 0 saturated carbocycles. The number of halogens is 3. The van der Waals surface area contributed by atoms with Crippen LogP contribution in [0.3, 0.4) is 0 Å². The number of carbonyl (C=O) groups is 1. The highest BCUT2D eigenvalue weighted by Crippen LogP contribution is 2.44. The average Bonchev–Trinajstić information content (AvgIpc) is 3.15. The van der Waals surface area contributed by atoms with Crippen molar-refractivity contribution in [2.45, 2.75) is 30.5 Å². The van der Waals surface area contributed by atoms with Crippen molar-refractivity contribution < 1.29 is 13.9 Å². The van der Waals surface area contributed by atoms with Crippen LogP contribution in [0.25, 0.3) is 11.1 Å². The molecule has 0 radical (unpaired) electrons. The molecule has 3 aromatic rings. The van der Waals surface area contributed by atoms with Crippen molar-refractivity contribution in [3.63, 3.8) is 0 Å². The molecule has 1 aromatic carbocycles. The number of nitrogens with zero attached hydrogens (tertiary/aromatic N) is 3. The molecule has 0 aliphatic heterocycles. The lowest BCUT2D eigenvalue weighted by atomic mass is 10.1. The van der Waals surface area contributed by atoms with Gasteiger partial charge in [0, 0.05) is 39.4 Å². The summed E-state index contributed by atoms with van der Waals surface area (Å²) in [6, 6.07) is 4.57. The van der Waals surface area contributed by atoms with E-state index in [0.29, 0.717) is 27.9 Å². The quantitative estimate of drug-likeness (QED) is 0.284. The van der Waals surface area contributed by atoms with Gasteiger partial charge < -0.3 is 10.5 Å². The predicted molar refractivity (Wildman–Crippen MR) is 117 cm³/mol. The van der Waals surface area contributed by atoms with Crippen LogP contribution in [0.5, 0.6) is 0 Å². The summed E-state index contributed by atoms with van der Waals surface area (Å²) < 4.78 is 20.3. The number of esters is 1. The normalized spacial score (nSPS) is 12.0. The highest BCUT2D eigenvalue weighted by Gasteiger charge is 2.20. The molecular formula is C20H19Cl2FN4O2S. The second kappa shape index (κ2) is 9.68. The largest absolute Gasteiger partial charge is 0.465 e. The summed E-state index contributed by atoms with van der Waals surface area (Å²) in [6.07, 6.45) is 4.98. The van der Waals surface area contributed by atoms with E-state index in [1.165, 1.54) is 28.6 Å². The Morgan fingerprint density at radius 3 is 2.83 bits per heavy atom. The number of rotatable bonds is 7. The number of anilines is 1. The summed E-state index contributed by atoms with van der Waals surface area (Å²) in [5.74, 6) is -0.563. The lowest BCUT2D eigenvalue weighted by molar-refractivity contribution is -0.144. The van der Waals surface area contributed by atoms with Gasteiger partial charge in [0.25, 0.3) is 0 Å². The first-order chi connectivity index (χ1) is 14.3. The highest BCUT2D eigenvalue weighted by atomic mass is 35.5. The van der Waals surface area contributed by atoms with E-state index in [1.807, 2.05) is 13.0 Å². The zero-order chi connectivity index (χ0) is 21.8. The fourth-order valence-corrected chi connectivity index (χ4v) is 4.75. The number of benzene rings is 1. The van der Waals surface area contributed by atoms with E-state index < -0.39 is 5.82 Å². The van der Waals surface area contributed by atoms with Crippen LogP contribution in [0.1, 0.15) is 24.7 Å². The van der Waals surface area contributed by atoms with Crippen LogP contribution < -0.4 is 5.73 Å². The molecule has 10 heteroatoms. The minimum Gasteiger partial charge on any atom is -0.465 e. The number of hydrogen-bond acceptors (Lipinski definition) is 6. The number of pyridine rings is 1. The van der Waals surface area contributed by atoms with Gasteiger partial charge in [0.2, 0.25) is 0 Å². The van der Waals surface area contributed by atoms with Gasteiger partial charge in [-0.25, -0.2) is 9.37 Å². The van der Waals surface area contributed by atoms with E-state index in [9.17, 15) is 9.18 Å². The van der Waals surface area contributed by atoms with Gasteiger partial charge in [-0.15, -0.1) is 11.8 Å². The Balaban J connectivity index is 1.84. The van der Waals surface area contributed by atoms with Crippen LogP contribution in [-0.4, -0.2) is 27.3 Å². The summed E-state index contributed by atoms with van der Waals surface area (Å²) in [4.78, 5) is 16.6. The Morgan fingerprint density at radius 1 is 1.33 bits per heavy atom. The van der Waals surface area contributed by atoms with Crippen LogP contribution in [0.4, 0.5) is 10.2 Å². The summed E-state index contributed by atoms with van der Waals surface area (Å²) in [5.41, 5.74) is 8.08. The first kappa shape index (κ1) is 22.4. The van der Waals surface area contributed by atoms with Crippen LogP contribution in [0.15, 0.2) is 41.7 Å². The van der Waals surface area contributed by atoms with Gasteiger partial charge in [-0.2, -0.15) is 5.10 Å². The first-order valence-corrected chi connectivity index (χ1v) is 10.7. The fourth-order valence-electron chi connectivity index (χ4n) is 2.81. The zero-order valence-electron chi connectivity index (χ0n) is 16.2. The van der Waals surface area contributed by atoms with Gasteiger partial charge in [-0.1, -0.05) is 23.2 Å². The third kappa shape index (κ3) is 5.06. The summed E-state index contributed by atoms with van der Waals surface area (Å²) in [7, 11) is 0. The van der Waals surface area contributed by atoms with E-state index in [0.717, 1.165) is 11.1 Å². The maximum atomic E-state index is 13.9. The van der Waals surface area contributed by atoms with Gasteiger partial charge in [0.15, 0.2) is 0 Å². The Labute approximate surface area is 187 Å². The van der Waals surface area contributed by atoms with E-state index >= 15 is 0 Å². The summed E-state index contributed by atoms with van der Waals surface area (Å²) in [5, 5.41) is 4.28. The molecule has 1 atom stereocenters. The Hall–Kier alpha value is -2.29. The number of nitrogens with two attached hydrogens (primary N) is 1. The van der Waals surface area contributed by atoms with Gasteiger partial charge in [0.1, 0.15) is 18.2 Å². The van der Waals surface area contributed by atoms with Crippen molar-refractivity contribution in [2.24, 2.45) is 0 Å². The second-order valence-electron chi connectivity index (χ2n) is 6.36. The number of thioether (sulfide) groups is 1. The zero-order valence-corrected chi connectivity index (χ0v) is 18.6. The molecule has 30 heavy (non-hydrogen) atoms. The number of ether oxygens (including phenoxy) is 1. The smallest absolute Gasteiger partial charge is 0.327 e. The molecule has 0 fully saturated rings. The molecule has 0 amide bonds. The lowest BCUT2D eigenvalue weighted by Gasteiger charge is -2.16. The molecule has 6 nitrogen and oxygen atoms in total. The molecule has 158 valence electrons. The van der Waals surface area contributed by atoms with Crippen LogP contribution >= 0.6 is 35.0 Å². The molecule has 0 aliphatic rings. The second-order valence-corrected chi connectivity index (χ2v) is 8.52. The van der Waals surface area contributed by atoms with Gasteiger partial charge in [-0.3, -0.25) is 9.48 Å². The molecule has 0 saturated heterocycles. The molecule has 3 rings (SSSR count). The van der Waals surface area contributed by atoms with Crippen LogP contribution in [0, 0.1) is 5.82 Å². The molecular weight excluding hydrogens is 450 g/mol. The number of carbonyl (C=O) groups excluding carboxylic acids is 1. The third-order valence-corrected chi connectivity index (χ3v) is 6.12. The maximum absolute atomic E-state index is 13.9. The maximum Gasteiger partial charge on any atom is 0.327 e. The molecule has 2 aromatic heterocycles.